The van der Waals surface area contributed by atoms with E-state index in [9.17, 15) is 24.5 Å². The highest BCUT2D eigenvalue weighted by Gasteiger charge is 2.31. The molecule has 4 unspecified atom stereocenters. The van der Waals surface area contributed by atoms with Gasteiger partial charge in [-0.1, -0.05) is 237 Å². The van der Waals surface area contributed by atoms with Crippen LogP contribution >= 0.6 is 7.82 Å². The van der Waals surface area contributed by atoms with Crippen LogP contribution in [0.25, 0.3) is 0 Å². The summed E-state index contributed by atoms with van der Waals surface area (Å²) in [5.41, 5.74) is 0. The van der Waals surface area contributed by atoms with Crippen molar-refractivity contribution in [3.05, 3.63) is 24.3 Å². The first-order valence-corrected chi connectivity index (χ1v) is 29.8. The van der Waals surface area contributed by atoms with Crippen LogP contribution in [-0.4, -0.2) is 84.6 Å². The molecule has 0 aliphatic carbocycles. The maximum Gasteiger partial charge on any atom is 0.472 e. The number of quaternary nitrogens is 1. The first kappa shape index (κ1) is 64.9. The summed E-state index contributed by atoms with van der Waals surface area (Å²) in [5.74, 6) is -0.267. The maximum atomic E-state index is 13.0. The Morgan fingerprint density at radius 1 is 0.515 bits per heavy atom. The van der Waals surface area contributed by atoms with Gasteiger partial charge in [0, 0.05) is 6.42 Å². The van der Waals surface area contributed by atoms with Crippen molar-refractivity contribution in [2.45, 2.75) is 289 Å². The molecule has 0 fully saturated rings. The Kier molecular flexibility index (Phi) is 46.8. The third-order valence-corrected chi connectivity index (χ3v) is 14.0. The number of amides is 1. The van der Waals surface area contributed by atoms with Gasteiger partial charge in [-0.05, 0) is 51.4 Å². The number of hydrogen-bond acceptors (Lipinski definition) is 6. The minimum atomic E-state index is -4.43. The summed E-state index contributed by atoms with van der Waals surface area (Å²) in [5, 5.41) is 24.7. The van der Waals surface area contributed by atoms with Gasteiger partial charge in [0.05, 0.1) is 39.9 Å². The fourth-order valence-electron chi connectivity index (χ4n) is 8.51. The molecule has 0 heterocycles. The summed E-state index contributed by atoms with van der Waals surface area (Å²) >= 11 is 0. The number of nitrogens with zero attached hydrogens (tertiary/aromatic N) is 1. The molecule has 66 heavy (non-hydrogen) atoms. The monoisotopic (exact) mass is 956 g/mol. The Morgan fingerprint density at radius 2 is 0.864 bits per heavy atom. The fourth-order valence-corrected chi connectivity index (χ4v) is 9.25. The molecule has 0 aliphatic rings. The molecule has 0 bridgehead atoms. The Balaban J connectivity index is 4.11. The average molecular weight is 956 g/mol. The molecule has 4 atom stereocenters. The van der Waals surface area contributed by atoms with Crippen LogP contribution in [0.3, 0.4) is 0 Å². The zero-order chi connectivity index (χ0) is 48.7. The second kappa shape index (κ2) is 47.6. The van der Waals surface area contributed by atoms with Crippen LogP contribution in [0.5, 0.6) is 0 Å². The number of aliphatic hydroxyl groups is 2. The van der Waals surface area contributed by atoms with Gasteiger partial charge in [0.25, 0.3) is 0 Å². The van der Waals surface area contributed by atoms with Gasteiger partial charge in [0.1, 0.15) is 19.3 Å². The lowest BCUT2D eigenvalue weighted by Crippen LogP contribution is -2.51. The number of aliphatic hydroxyl groups excluding tert-OH is 2. The first-order chi connectivity index (χ1) is 31.9. The highest BCUT2D eigenvalue weighted by Crippen LogP contribution is 2.43. The zero-order valence-electron chi connectivity index (χ0n) is 44.3. The van der Waals surface area contributed by atoms with Crippen LogP contribution in [0.1, 0.15) is 271 Å². The number of unbranched alkanes of at least 4 members (excludes halogenated alkanes) is 34. The van der Waals surface area contributed by atoms with Gasteiger partial charge in [-0.2, -0.15) is 0 Å². The van der Waals surface area contributed by atoms with Gasteiger partial charge in [-0.15, -0.1) is 0 Å². The van der Waals surface area contributed by atoms with E-state index in [1.807, 2.05) is 21.1 Å². The molecule has 0 aromatic heterocycles. The van der Waals surface area contributed by atoms with Crippen LogP contribution in [0.4, 0.5) is 0 Å². The van der Waals surface area contributed by atoms with Crippen molar-refractivity contribution in [3.8, 4) is 0 Å². The van der Waals surface area contributed by atoms with E-state index in [1.54, 1.807) is 0 Å². The lowest BCUT2D eigenvalue weighted by atomic mass is 10.0. The maximum absolute atomic E-state index is 13.0. The molecular formula is C56H112N2O7P+. The van der Waals surface area contributed by atoms with E-state index in [2.05, 4.69) is 43.5 Å². The number of likely N-dealkylation sites (N-methyl/N-ethyl adjacent to an activating group) is 1. The van der Waals surface area contributed by atoms with Crippen LogP contribution in [0, 0.1) is 0 Å². The topological polar surface area (TPSA) is 125 Å². The number of phosphoric acid groups is 1. The number of rotatable bonds is 52. The molecule has 0 spiro atoms. The molecular weight excluding hydrogens is 844 g/mol. The Labute approximate surface area is 409 Å². The van der Waals surface area contributed by atoms with Crippen LogP contribution in [0.2, 0.25) is 0 Å². The molecule has 0 aliphatic heterocycles. The van der Waals surface area contributed by atoms with E-state index >= 15 is 0 Å². The summed E-state index contributed by atoms with van der Waals surface area (Å²) in [6.07, 6.45) is 55.7. The molecule has 4 N–H and O–H groups in total. The molecule has 0 aromatic rings. The standard InChI is InChI=1S/C56H111N2O7P/c1-6-8-10-12-14-16-18-20-21-22-23-24-25-26-27-28-29-30-31-32-33-34-35-36-37-39-41-43-45-47-49-55(60)57-53(52-65-66(62,63)64-51-50-58(3,4)5)56(61)54(59)48-46-44-42-40-38-19-17-15-13-11-9-7-2/h15,17,40,42,53-54,56,59,61H,6-14,16,18-39,41,43-52H2,1-5H3,(H-,57,60,62,63)/p+1/b17-15+,42-40+. The molecule has 392 valence electrons. The van der Waals surface area contributed by atoms with Crippen molar-refractivity contribution in [2.75, 3.05) is 40.9 Å². The van der Waals surface area contributed by atoms with Crippen molar-refractivity contribution in [1.82, 2.24) is 5.32 Å². The smallest absolute Gasteiger partial charge is 0.390 e. The highest BCUT2D eigenvalue weighted by atomic mass is 31.2. The number of hydrogen-bond donors (Lipinski definition) is 4. The summed E-state index contributed by atoms with van der Waals surface area (Å²) in [6.45, 7) is 4.57. The Morgan fingerprint density at radius 3 is 1.26 bits per heavy atom. The molecule has 9 nitrogen and oxygen atoms in total. The molecule has 0 aromatic carbocycles. The first-order valence-electron chi connectivity index (χ1n) is 28.3. The highest BCUT2D eigenvalue weighted by molar-refractivity contribution is 7.47. The lowest BCUT2D eigenvalue weighted by molar-refractivity contribution is -0.870. The average Bonchev–Trinajstić information content (AvgIpc) is 3.28. The van der Waals surface area contributed by atoms with Crippen molar-refractivity contribution >= 4 is 13.7 Å². The number of carbonyl (C=O) groups is 1. The van der Waals surface area contributed by atoms with Gasteiger partial charge in [-0.3, -0.25) is 13.8 Å². The summed E-state index contributed by atoms with van der Waals surface area (Å²) in [4.78, 5) is 23.3. The normalized spacial score (nSPS) is 14.6. The second-order valence-electron chi connectivity index (χ2n) is 20.8. The third-order valence-electron chi connectivity index (χ3n) is 13.0. The largest absolute Gasteiger partial charge is 0.472 e. The van der Waals surface area contributed by atoms with Gasteiger partial charge in [0.2, 0.25) is 5.91 Å². The predicted octanol–water partition coefficient (Wildman–Crippen LogP) is 15.8. The van der Waals surface area contributed by atoms with E-state index in [-0.39, 0.29) is 18.9 Å². The number of allylic oxidation sites excluding steroid dienone is 4. The quantitative estimate of drug-likeness (QED) is 0.0207. The zero-order valence-corrected chi connectivity index (χ0v) is 45.2. The predicted molar refractivity (Wildman–Crippen MR) is 283 cm³/mol. The lowest BCUT2D eigenvalue weighted by Gasteiger charge is -2.28. The molecule has 1 amide bonds. The molecule has 10 heteroatoms. The second-order valence-corrected chi connectivity index (χ2v) is 22.2. The van der Waals surface area contributed by atoms with E-state index in [4.69, 9.17) is 9.05 Å². The Bertz CT molecular complexity index is 1150. The molecule has 0 radical (unpaired) electrons. The van der Waals surface area contributed by atoms with E-state index in [0.717, 1.165) is 44.9 Å². The van der Waals surface area contributed by atoms with Gasteiger partial charge >= 0.3 is 7.82 Å². The molecule has 0 saturated heterocycles. The number of carbonyl (C=O) groups excluding carboxylic acids is 1. The van der Waals surface area contributed by atoms with Gasteiger partial charge < -0.3 is 24.9 Å². The summed E-state index contributed by atoms with van der Waals surface area (Å²) in [6, 6.07) is -1.05. The van der Waals surface area contributed by atoms with Crippen molar-refractivity contribution in [1.29, 1.82) is 0 Å². The van der Waals surface area contributed by atoms with Gasteiger partial charge in [-0.25, -0.2) is 4.57 Å². The SMILES string of the molecule is CCCCC/C=C/CC/C=C/CCCC(O)C(O)C(COP(=O)(O)OCC[N+](C)(C)C)NC(=O)CCCCCCCCCCCCCCCCCCCCCCCCCCCCCCCC. The van der Waals surface area contributed by atoms with E-state index in [0.29, 0.717) is 23.9 Å². The number of phosphoric ester groups is 1. The Hall–Kier alpha value is -1.06. The fraction of sp³-hybridized carbons (Fsp3) is 0.911. The summed E-state index contributed by atoms with van der Waals surface area (Å²) < 4.78 is 23.6. The molecule has 0 rings (SSSR count). The van der Waals surface area contributed by atoms with Crippen molar-refractivity contribution in [3.63, 3.8) is 0 Å². The molecule has 0 saturated carbocycles. The third kappa shape index (κ3) is 48.0. The van der Waals surface area contributed by atoms with Gasteiger partial charge in [0.15, 0.2) is 0 Å². The van der Waals surface area contributed by atoms with Crippen molar-refractivity contribution in [2.24, 2.45) is 0 Å². The van der Waals surface area contributed by atoms with Crippen LogP contribution in [-0.2, 0) is 18.4 Å². The van der Waals surface area contributed by atoms with Crippen molar-refractivity contribution < 1.29 is 38.0 Å². The number of nitrogens with one attached hydrogen (secondary N) is 1. The van der Waals surface area contributed by atoms with E-state index < -0.39 is 32.7 Å². The van der Waals surface area contributed by atoms with E-state index in [1.165, 1.54) is 193 Å². The summed E-state index contributed by atoms with van der Waals surface area (Å²) in [7, 11) is 1.42. The minimum Gasteiger partial charge on any atom is -0.390 e. The van der Waals surface area contributed by atoms with Crippen LogP contribution < -0.4 is 5.32 Å². The van der Waals surface area contributed by atoms with Crippen LogP contribution in [0.15, 0.2) is 24.3 Å². The minimum absolute atomic E-state index is 0.0158.